The van der Waals surface area contributed by atoms with E-state index in [0.29, 0.717) is 23.1 Å². The number of nitrogens with zero attached hydrogens (tertiary/aromatic N) is 1. The first-order valence-electron chi connectivity index (χ1n) is 11.0. The summed E-state index contributed by atoms with van der Waals surface area (Å²) >= 11 is 0. The number of H-pyrrole nitrogens is 1. The molecule has 0 saturated carbocycles. The van der Waals surface area contributed by atoms with Crippen LogP contribution in [0.15, 0.2) is 73.1 Å². The number of amides is 2. The van der Waals surface area contributed by atoms with E-state index in [1.165, 1.54) is 17.8 Å². The molecule has 0 aliphatic rings. The van der Waals surface area contributed by atoms with Gasteiger partial charge in [-0.1, -0.05) is 26.0 Å². The minimum Gasteiger partial charge on any atom is -0.457 e. The van der Waals surface area contributed by atoms with Crippen molar-refractivity contribution in [3.63, 3.8) is 0 Å². The molecule has 172 valence electrons. The highest BCUT2D eigenvalue weighted by molar-refractivity contribution is 6.03. The third kappa shape index (κ3) is 5.32. The van der Waals surface area contributed by atoms with Crippen LogP contribution in [0.4, 0.5) is 5.69 Å². The largest absolute Gasteiger partial charge is 0.457 e. The lowest BCUT2D eigenvalue weighted by molar-refractivity contribution is -0.111. The summed E-state index contributed by atoms with van der Waals surface area (Å²) in [5, 5.41) is 6.45. The fraction of sp³-hybridized carbons (Fsp3) is 0.148. The minimum absolute atomic E-state index is 0.230. The smallest absolute Gasteiger partial charge is 0.269 e. The van der Waals surface area contributed by atoms with E-state index in [0.717, 1.165) is 16.5 Å². The topological polar surface area (TPSA) is 96.1 Å². The Morgan fingerprint density at radius 3 is 2.56 bits per heavy atom. The number of nitrogens with one attached hydrogen (secondary N) is 3. The van der Waals surface area contributed by atoms with Gasteiger partial charge in [-0.3, -0.25) is 14.6 Å². The first kappa shape index (κ1) is 22.8. The van der Waals surface area contributed by atoms with Crippen molar-refractivity contribution in [1.29, 1.82) is 0 Å². The Morgan fingerprint density at radius 1 is 1.03 bits per heavy atom. The van der Waals surface area contributed by atoms with E-state index in [4.69, 9.17) is 4.74 Å². The normalized spacial score (nSPS) is 11.2. The van der Waals surface area contributed by atoms with Gasteiger partial charge in [0.1, 0.15) is 17.2 Å². The van der Waals surface area contributed by atoms with Crippen molar-refractivity contribution in [1.82, 2.24) is 15.3 Å². The van der Waals surface area contributed by atoms with E-state index in [2.05, 4.69) is 52.6 Å². The fourth-order valence-electron chi connectivity index (χ4n) is 3.48. The lowest BCUT2D eigenvalue weighted by Crippen LogP contribution is -2.18. The van der Waals surface area contributed by atoms with E-state index >= 15 is 0 Å². The molecule has 0 aliphatic heterocycles. The van der Waals surface area contributed by atoms with Crippen LogP contribution in [0.2, 0.25) is 0 Å². The van der Waals surface area contributed by atoms with Gasteiger partial charge in [0, 0.05) is 48.2 Å². The van der Waals surface area contributed by atoms with Gasteiger partial charge >= 0.3 is 0 Å². The molecular formula is C27H26N4O3. The summed E-state index contributed by atoms with van der Waals surface area (Å²) in [6, 6.07) is 16.6. The highest BCUT2D eigenvalue weighted by Crippen LogP contribution is 2.25. The summed E-state index contributed by atoms with van der Waals surface area (Å²) in [6.45, 7) is 4.33. The van der Waals surface area contributed by atoms with Gasteiger partial charge in [0.25, 0.3) is 5.91 Å². The van der Waals surface area contributed by atoms with E-state index in [-0.39, 0.29) is 17.5 Å². The van der Waals surface area contributed by atoms with Crippen molar-refractivity contribution in [3.8, 4) is 11.5 Å². The molecule has 2 aromatic carbocycles. The third-order valence-corrected chi connectivity index (χ3v) is 5.37. The summed E-state index contributed by atoms with van der Waals surface area (Å²) in [6.07, 6.45) is 6.73. The Bertz CT molecular complexity index is 1350. The summed E-state index contributed by atoms with van der Waals surface area (Å²) in [7, 11) is 1.54. The standard InChI is InChI=1S/C27H26N4O3/c1-17(2)18-4-10-23-19(16-30-24(23)14-18)5-11-26(32)31-20-6-8-21(9-7-20)34-22-12-13-29-25(15-22)27(33)28-3/h4-17,30H,1-3H3,(H,28,33)(H,31,32). The second kappa shape index (κ2) is 10.0. The van der Waals surface area contributed by atoms with Crippen LogP contribution in [0.3, 0.4) is 0 Å². The number of rotatable bonds is 7. The molecule has 0 bridgehead atoms. The second-order valence-corrected chi connectivity index (χ2v) is 8.11. The second-order valence-electron chi connectivity index (χ2n) is 8.11. The van der Waals surface area contributed by atoms with Gasteiger partial charge < -0.3 is 20.4 Å². The number of hydrogen-bond donors (Lipinski definition) is 3. The number of benzene rings is 2. The third-order valence-electron chi connectivity index (χ3n) is 5.37. The molecule has 7 nitrogen and oxygen atoms in total. The van der Waals surface area contributed by atoms with Gasteiger partial charge in [0.15, 0.2) is 0 Å². The zero-order valence-electron chi connectivity index (χ0n) is 19.3. The van der Waals surface area contributed by atoms with Gasteiger partial charge in [-0.15, -0.1) is 0 Å². The average Bonchev–Trinajstić information content (AvgIpc) is 3.26. The highest BCUT2D eigenvalue weighted by atomic mass is 16.5. The number of aromatic nitrogens is 2. The molecule has 4 rings (SSSR count). The number of carbonyl (C=O) groups excluding carboxylic acids is 2. The number of hydrogen-bond acceptors (Lipinski definition) is 4. The van der Waals surface area contributed by atoms with Gasteiger partial charge in [-0.05, 0) is 59.5 Å². The maximum atomic E-state index is 12.4. The molecule has 3 N–H and O–H groups in total. The Morgan fingerprint density at radius 2 is 1.82 bits per heavy atom. The van der Waals surface area contributed by atoms with Crippen LogP contribution in [0.25, 0.3) is 17.0 Å². The van der Waals surface area contributed by atoms with E-state index < -0.39 is 0 Å². The molecule has 2 heterocycles. The quantitative estimate of drug-likeness (QED) is 0.322. The average molecular weight is 455 g/mol. The fourth-order valence-corrected chi connectivity index (χ4v) is 3.48. The maximum absolute atomic E-state index is 12.4. The van der Waals surface area contributed by atoms with E-state index in [1.54, 1.807) is 49.5 Å². The van der Waals surface area contributed by atoms with Crippen LogP contribution in [-0.4, -0.2) is 28.8 Å². The number of pyridine rings is 1. The highest BCUT2D eigenvalue weighted by Gasteiger charge is 2.08. The van der Waals surface area contributed by atoms with Crippen molar-refractivity contribution in [2.75, 3.05) is 12.4 Å². The molecule has 0 saturated heterocycles. The molecule has 2 aromatic heterocycles. The van der Waals surface area contributed by atoms with E-state index in [1.807, 2.05) is 6.20 Å². The number of ether oxygens (including phenoxy) is 1. The van der Waals surface area contributed by atoms with Crippen LogP contribution in [0, 0.1) is 0 Å². The van der Waals surface area contributed by atoms with Crippen molar-refractivity contribution < 1.29 is 14.3 Å². The Hall–Kier alpha value is -4.39. The van der Waals surface area contributed by atoms with Gasteiger partial charge in [-0.2, -0.15) is 0 Å². The zero-order valence-corrected chi connectivity index (χ0v) is 19.3. The summed E-state index contributed by atoms with van der Waals surface area (Å²) < 4.78 is 5.78. The Labute approximate surface area is 197 Å². The number of aromatic amines is 1. The first-order valence-corrected chi connectivity index (χ1v) is 11.0. The molecule has 0 atom stereocenters. The lowest BCUT2D eigenvalue weighted by Gasteiger charge is -2.08. The summed E-state index contributed by atoms with van der Waals surface area (Å²) in [5.74, 6) is 1.00. The van der Waals surface area contributed by atoms with Crippen LogP contribution >= 0.6 is 0 Å². The van der Waals surface area contributed by atoms with Crippen molar-refractivity contribution in [2.45, 2.75) is 19.8 Å². The van der Waals surface area contributed by atoms with Crippen LogP contribution in [0.5, 0.6) is 11.5 Å². The molecule has 34 heavy (non-hydrogen) atoms. The molecule has 0 unspecified atom stereocenters. The number of fused-ring (bicyclic) bond motifs is 1. The molecule has 2 amide bonds. The summed E-state index contributed by atoms with van der Waals surface area (Å²) in [4.78, 5) is 31.4. The van der Waals surface area contributed by atoms with Gasteiger partial charge in [0.2, 0.25) is 5.91 Å². The van der Waals surface area contributed by atoms with Gasteiger partial charge in [-0.25, -0.2) is 0 Å². The predicted octanol–water partition coefficient (Wildman–Crippen LogP) is 5.49. The van der Waals surface area contributed by atoms with Crippen molar-refractivity contribution >= 4 is 34.5 Å². The lowest BCUT2D eigenvalue weighted by atomic mass is 10.0. The molecule has 0 spiro atoms. The monoisotopic (exact) mass is 454 g/mol. The van der Waals surface area contributed by atoms with Crippen molar-refractivity contribution in [2.24, 2.45) is 0 Å². The molecular weight excluding hydrogens is 428 g/mol. The molecule has 4 aromatic rings. The first-order chi connectivity index (χ1) is 16.4. The molecule has 7 heteroatoms. The van der Waals surface area contributed by atoms with E-state index in [9.17, 15) is 9.59 Å². The van der Waals surface area contributed by atoms with Crippen LogP contribution in [0.1, 0.15) is 41.4 Å². The Kier molecular flexibility index (Phi) is 6.73. The SMILES string of the molecule is CNC(=O)c1cc(Oc2ccc(NC(=O)C=Cc3c[nH]c4cc(C(C)C)ccc34)cc2)ccn1. The predicted molar refractivity (Wildman–Crippen MR) is 134 cm³/mol. The van der Waals surface area contributed by atoms with Crippen molar-refractivity contribution in [3.05, 3.63) is 89.9 Å². The minimum atomic E-state index is -0.287. The molecule has 0 aliphatic carbocycles. The maximum Gasteiger partial charge on any atom is 0.269 e. The van der Waals surface area contributed by atoms with Gasteiger partial charge in [0.05, 0.1) is 0 Å². The number of anilines is 1. The number of carbonyl (C=O) groups is 2. The van der Waals surface area contributed by atoms with Crippen LogP contribution in [-0.2, 0) is 4.79 Å². The zero-order chi connectivity index (χ0) is 24.1. The molecule has 0 fully saturated rings. The molecule has 0 radical (unpaired) electrons. The Balaban J connectivity index is 1.38. The summed E-state index contributed by atoms with van der Waals surface area (Å²) in [5.41, 5.74) is 4.19. The van der Waals surface area contributed by atoms with Crippen LogP contribution < -0.4 is 15.4 Å².